The second-order valence-electron chi connectivity index (χ2n) is 4.20. The number of hydrogen-bond acceptors (Lipinski definition) is 6. The number of rotatable bonds is 10. The molecule has 1 aromatic carbocycles. The molecule has 1 rings (SSSR count). The van der Waals surface area contributed by atoms with Crippen molar-refractivity contribution in [3.63, 3.8) is 0 Å². The van der Waals surface area contributed by atoms with Crippen LogP contribution < -0.4 is 5.30 Å². The zero-order valence-corrected chi connectivity index (χ0v) is 13.2. The molecule has 0 aliphatic heterocycles. The zero-order chi connectivity index (χ0) is 16.2. The molecule has 0 saturated carbocycles. The number of benzene rings is 1. The molecule has 0 bridgehead atoms. The summed E-state index contributed by atoms with van der Waals surface area (Å²) in [5.41, 5.74) is 0. The van der Waals surface area contributed by atoms with E-state index < -0.39 is 20.0 Å². The van der Waals surface area contributed by atoms with Crippen LogP contribution in [0.2, 0.25) is 0 Å². The highest BCUT2D eigenvalue weighted by molar-refractivity contribution is 7.48. The fourth-order valence-electron chi connectivity index (χ4n) is 1.43. The summed E-state index contributed by atoms with van der Waals surface area (Å²) in [5, 5.41) is 0.616. The molecule has 1 atom stereocenters. The van der Waals surface area contributed by atoms with E-state index in [1.54, 1.807) is 24.3 Å². The van der Waals surface area contributed by atoms with Crippen molar-refractivity contribution in [3.8, 4) is 0 Å². The Bertz CT molecular complexity index is 514. The van der Waals surface area contributed by atoms with Crippen LogP contribution in [-0.2, 0) is 28.2 Å². The lowest BCUT2D eigenvalue weighted by Gasteiger charge is -2.06. The molecule has 0 amide bonds. The summed E-state index contributed by atoms with van der Waals surface area (Å²) in [6, 6.07) is 8.79. The number of carbonyl (C=O) groups is 2. The van der Waals surface area contributed by atoms with Gasteiger partial charge < -0.3 is 14.0 Å². The van der Waals surface area contributed by atoms with E-state index in [0.29, 0.717) is 11.7 Å². The average molecular weight is 326 g/mol. The smallest absolute Gasteiger partial charge is 0.330 e. The molecule has 1 aromatic rings. The van der Waals surface area contributed by atoms with Gasteiger partial charge in [0.25, 0.3) is 0 Å². The first-order chi connectivity index (χ1) is 10.6. The summed E-state index contributed by atoms with van der Waals surface area (Å²) >= 11 is 0. The van der Waals surface area contributed by atoms with E-state index in [-0.39, 0.29) is 26.2 Å². The Kier molecular flexibility index (Phi) is 8.88. The number of esters is 2. The van der Waals surface area contributed by atoms with E-state index in [4.69, 9.17) is 14.0 Å². The fourth-order valence-corrected chi connectivity index (χ4v) is 2.35. The Morgan fingerprint density at radius 3 is 2.45 bits per heavy atom. The lowest BCUT2D eigenvalue weighted by molar-refractivity contribution is -0.145. The van der Waals surface area contributed by atoms with E-state index in [9.17, 15) is 14.2 Å². The lowest BCUT2D eigenvalue weighted by Crippen LogP contribution is -2.11. The summed E-state index contributed by atoms with van der Waals surface area (Å²) in [6.45, 7) is 3.61. The van der Waals surface area contributed by atoms with Crippen LogP contribution in [0.4, 0.5) is 0 Å². The van der Waals surface area contributed by atoms with Gasteiger partial charge in [0.2, 0.25) is 8.03 Å². The predicted molar refractivity (Wildman–Crippen MR) is 82.4 cm³/mol. The molecule has 7 heteroatoms. The molecule has 6 nitrogen and oxygen atoms in total. The standard InChI is InChI=1S/C15H19O6P/c1-2-14(16)19-10-6-11-20-15(17)9-12-21-22(18)13-7-4-3-5-8-13/h2-5,7-8,22H,1,6,9-12H2. The van der Waals surface area contributed by atoms with Crippen LogP contribution >= 0.6 is 8.03 Å². The van der Waals surface area contributed by atoms with Crippen LogP contribution in [0.5, 0.6) is 0 Å². The van der Waals surface area contributed by atoms with Gasteiger partial charge >= 0.3 is 11.9 Å². The van der Waals surface area contributed by atoms with Crippen molar-refractivity contribution in [2.24, 2.45) is 0 Å². The molecule has 0 fully saturated rings. The van der Waals surface area contributed by atoms with Gasteiger partial charge in [-0.1, -0.05) is 24.8 Å². The summed E-state index contributed by atoms with van der Waals surface area (Å²) in [6.07, 6.45) is 1.50. The van der Waals surface area contributed by atoms with Crippen LogP contribution in [0.25, 0.3) is 0 Å². The topological polar surface area (TPSA) is 78.9 Å². The Balaban J connectivity index is 2.07. The predicted octanol–water partition coefficient (Wildman–Crippen LogP) is 1.86. The number of ether oxygens (including phenoxy) is 2. The Hall–Kier alpha value is -1.91. The third kappa shape index (κ3) is 7.76. The van der Waals surface area contributed by atoms with Crippen molar-refractivity contribution in [2.75, 3.05) is 19.8 Å². The minimum absolute atomic E-state index is 0.0235. The minimum atomic E-state index is -2.33. The molecule has 0 aromatic heterocycles. The maximum Gasteiger partial charge on any atom is 0.330 e. The molecule has 0 radical (unpaired) electrons. The van der Waals surface area contributed by atoms with Gasteiger partial charge in [-0.05, 0) is 12.1 Å². The highest BCUT2D eigenvalue weighted by Gasteiger charge is 2.07. The van der Waals surface area contributed by atoms with Crippen molar-refractivity contribution >= 4 is 25.3 Å². The molecule has 0 heterocycles. The van der Waals surface area contributed by atoms with Gasteiger partial charge in [0, 0.05) is 17.8 Å². The average Bonchev–Trinajstić information content (AvgIpc) is 2.55. The highest BCUT2D eigenvalue weighted by atomic mass is 31.1. The van der Waals surface area contributed by atoms with Gasteiger partial charge in [-0.2, -0.15) is 0 Å². The Morgan fingerprint density at radius 2 is 1.77 bits per heavy atom. The van der Waals surface area contributed by atoms with Crippen LogP contribution in [0.15, 0.2) is 43.0 Å². The van der Waals surface area contributed by atoms with Gasteiger partial charge in [0.05, 0.1) is 26.2 Å². The van der Waals surface area contributed by atoms with Gasteiger partial charge in [-0.15, -0.1) is 0 Å². The quantitative estimate of drug-likeness (QED) is 0.283. The monoisotopic (exact) mass is 326 g/mol. The molecule has 120 valence electrons. The van der Waals surface area contributed by atoms with E-state index in [2.05, 4.69) is 6.58 Å². The van der Waals surface area contributed by atoms with E-state index in [1.165, 1.54) is 0 Å². The SMILES string of the molecule is C=CC(=O)OCCCOC(=O)CCO[PH](=O)c1ccccc1. The highest BCUT2D eigenvalue weighted by Crippen LogP contribution is 2.21. The third-order valence-electron chi connectivity index (χ3n) is 2.51. The van der Waals surface area contributed by atoms with Crippen LogP contribution in [0.1, 0.15) is 12.8 Å². The molecule has 0 N–H and O–H groups in total. The van der Waals surface area contributed by atoms with Gasteiger partial charge in [-0.3, -0.25) is 9.36 Å². The van der Waals surface area contributed by atoms with Crippen LogP contribution in [0, 0.1) is 0 Å². The van der Waals surface area contributed by atoms with Gasteiger partial charge in [-0.25, -0.2) is 4.79 Å². The van der Waals surface area contributed by atoms with Crippen LogP contribution in [0.3, 0.4) is 0 Å². The maximum atomic E-state index is 11.8. The largest absolute Gasteiger partial charge is 0.465 e. The van der Waals surface area contributed by atoms with Crippen LogP contribution in [-0.4, -0.2) is 31.8 Å². The number of hydrogen-bond donors (Lipinski definition) is 0. The molecule has 0 spiro atoms. The second kappa shape index (κ2) is 10.8. The second-order valence-corrected chi connectivity index (χ2v) is 5.64. The van der Waals surface area contributed by atoms with E-state index in [0.717, 1.165) is 6.08 Å². The zero-order valence-electron chi connectivity index (χ0n) is 12.2. The fraction of sp³-hybridized carbons (Fsp3) is 0.333. The molecule has 22 heavy (non-hydrogen) atoms. The first kappa shape index (κ1) is 18.1. The van der Waals surface area contributed by atoms with Crippen molar-refractivity contribution < 1.29 is 28.2 Å². The molecular weight excluding hydrogens is 307 g/mol. The summed E-state index contributed by atoms with van der Waals surface area (Å²) in [7, 11) is -2.33. The molecule has 0 aliphatic carbocycles. The van der Waals surface area contributed by atoms with Crippen molar-refractivity contribution in [1.82, 2.24) is 0 Å². The number of carbonyl (C=O) groups excluding carboxylic acids is 2. The Morgan fingerprint density at radius 1 is 1.09 bits per heavy atom. The molecule has 1 unspecified atom stereocenters. The summed E-state index contributed by atoms with van der Waals surface area (Å²) in [5.74, 6) is -0.955. The van der Waals surface area contributed by atoms with Gasteiger partial charge in [0.15, 0.2) is 0 Å². The lowest BCUT2D eigenvalue weighted by atomic mass is 10.4. The Labute approximate surface area is 129 Å². The van der Waals surface area contributed by atoms with Crippen molar-refractivity contribution in [3.05, 3.63) is 43.0 Å². The summed E-state index contributed by atoms with van der Waals surface area (Å²) < 4.78 is 26.6. The third-order valence-corrected chi connectivity index (χ3v) is 3.78. The maximum absolute atomic E-state index is 11.8. The first-order valence-electron chi connectivity index (χ1n) is 6.80. The normalized spacial score (nSPS) is 11.5. The molecular formula is C15H19O6P. The first-order valence-corrected chi connectivity index (χ1v) is 8.12. The molecule has 0 saturated heterocycles. The molecule has 0 aliphatic rings. The van der Waals surface area contributed by atoms with Gasteiger partial charge in [0.1, 0.15) is 0 Å². The summed E-state index contributed by atoms with van der Waals surface area (Å²) in [4.78, 5) is 22.1. The van der Waals surface area contributed by atoms with Crippen molar-refractivity contribution in [2.45, 2.75) is 12.8 Å². The van der Waals surface area contributed by atoms with Crippen molar-refractivity contribution in [1.29, 1.82) is 0 Å². The van der Waals surface area contributed by atoms with E-state index >= 15 is 0 Å². The minimum Gasteiger partial charge on any atom is -0.465 e. The van der Waals surface area contributed by atoms with E-state index in [1.807, 2.05) is 6.07 Å².